The molecule has 0 N–H and O–H groups in total. The summed E-state index contributed by atoms with van der Waals surface area (Å²) in [6, 6.07) is -0.407. The smallest absolute Gasteiger partial charge is 0.212 e. The quantitative estimate of drug-likeness (QED) is 0.404. The van der Waals surface area contributed by atoms with Crippen LogP contribution in [0, 0.1) is 16.0 Å². The topological polar surface area (TPSA) is 43.1 Å². The van der Waals surface area contributed by atoms with E-state index in [4.69, 9.17) is 0 Å². The Kier molecular flexibility index (Phi) is 2.45. The summed E-state index contributed by atoms with van der Waals surface area (Å²) in [4.78, 5) is 9.69. The molecule has 1 unspecified atom stereocenters. The van der Waals surface area contributed by atoms with Crippen LogP contribution in [0.25, 0.3) is 0 Å². The van der Waals surface area contributed by atoms with E-state index in [0.717, 1.165) is 0 Å². The molecule has 0 amide bonds. The van der Waals surface area contributed by atoms with E-state index < -0.39 is 6.04 Å². The molecule has 0 fully saturated rings. The molecular formula is C5H11NO2. The molecule has 48 valence electrons. The molecule has 0 aromatic rings. The van der Waals surface area contributed by atoms with Crippen molar-refractivity contribution in [2.75, 3.05) is 0 Å². The zero-order chi connectivity index (χ0) is 6.73. The number of nitro groups is 1. The van der Waals surface area contributed by atoms with Crippen molar-refractivity contribution in [3.8, 4) is 0 Å². The zero-order valence-corrected chi connectivity index (χ0v) is 5.42. The molecule has 0 spiro atoms. The van der Waals surface area contributed by atoms with Crippen LogP contribution in [0.2, 0.25) is 0 Å². The number of nitrogens with zero attached hydrogens (tertiary/aromatic N) is 1. The van der Waals surface area contributed by atoms with Crippen LogP contribution < -0.4 is 0 Å². The van der Waals surface area contributed by atoms with Gasteiger partial charge in [0.15, 0.2) is 0 Å². The molecule has 3 heteroatoms. The Balaban J connectivity index is 3.64. The molecule has 0 rings (SSSR count). The van der Waals surface area contributed by atoms with Crippen molar-refractivity contribution in [1.82, 2.24) is 0 Å². The van der Waals surface area contributed by atoms with Gasteiger partial charge in [-0.05, 0) is 0 Å². The van der Waals surface area contributed by atoms with Gasteiger partial charge < -0.3 is 0 Å². The molecule has 0 aliphatic heterocycles. The van der Waals surface area contributed by atoms with Crippen LogP contribution in [0.3, 0.4) is 0 Å². The summed E-state index contributed by atoms with van der Waals surface area (Å²) >= 11 is 0. The Hall–Kier alpha value is -0.600. The fraction of sp³-hybridized carbons (Fsp3) is 1.00. The van der Waals surface area contributed by atoms with Crippen LogP contribution in [0.4, 0.5) is 0 Å². The predicted octanol–water partition coefficient (Wildman–Crippen LogP) is 1.31. The van der Waals surface area contributed by atoms with Crippen molar-refractivity contribution in [2.45, 2.75) is 26.8 Å². The van der Waals surface area contributed by atoms with E-state index in [9.17, 15) is 10.1 Å². The summed E-state index contributed by atoms with van der Waals surface area (Å²) in [5.74, 6) is 0.144. The highest BCUT2D eigenvalue weighted by atomic mass is 16.6. The van der Waals surface area contributed by atoms with E-state index in [-0.39, 0.29) is 10.8 Å². The lowest BCUT2D eigenvalue weighted by Crippen LogP contribution is -2.20. The molecule has 0 aromatic carbocycles. The maximum atomic E-state index is 9.95. The predicted molar refractivity (Wildman–Crippen MR) is 31.3 cm³/mol. The minimum Gasteiger partial charge on any atom is -0.264 e. The van der Waals surface area contributed by atoms with Gasteiger partial charge in [0, 0.05) is 17.8 Å². The van der Waals surface area contributed by atoms with Gasteiger partial charge in [0.25, 0.3) is 0 Å². The SMILES string of the molecule is CC(C)C(C)[N+](=O)[O-]. The van der Waals surface area contributed by atoms with Crippen molar-refractivity contribution < 1.29 is 4.92 Å². The Labute approximate surface area is 48.9 Å². The number of hydrogen-bond donors (Lipinski definition) is 0. The van der Waals surface area contributed by atoms with Gasteiger partial charge in [0.05, 0.1) is 0 Å². The average molecular weight is 117 g/mol. The van der Waals surface area contributed by atoms with E-state index in [1.165, 1.54) is 0 Å². The van der Waals surface area contributed by atoms with Gasteiger partial charge in [0.2, 0.25) is 6.04 Å². The van der Waals surface area contributed by atoms with Gasteiger partial charge >= 0.3 is 0 Å². The van der Waals surface area contributed by atoms with E-state index in [1.807, 2.05) is 13.8 Å². The van der Waals surface area contributed by atoms with Crippen molar-refractivity contribution in [3.63, 3.8) is 0 Å². The first-order valence-electron chi connectivity index (χ1n) is 2.69. The monoisotopic (exact) mass is 117 g/mol. The first-order chi connectivity index (χ1) is 3.55. The molecule has 0 saturated heterocycles. The largest absolute Gasteiger partial charge is 0.264 e. The molecule has 0 bridgehead atoms. The minimum absolute atomic E-state index is 0.144. The van der Waals surface area contributed by atoms with Crippen LogP contribution in [0.1, 0.15) is 20.8 Å². The minimum atomic E-state index is -0.407. The van der Waals surface area contributed by atoms with Crippen molar-refractivity contribution in [3.05, 3.63) is 10.1 Å². The molecule has 0 aliphatic carbocycles. The summed E-state index contributed by atoms with van der Waals surface area (Å²) in [6.07, 6.45) is 0. The van der Waals surface area contributed by atoms with Crippen molar-refractivity contribution in [2.24, 2.45) is 5.92 Å². The summed E-state index contributed by atoms with van der Waals surface area (Å²) in [5.41, 5.74) is 0. The van der Waals surface area contributed by atoms with Gasteiger partial charge in [0.1, 0.15) is 0 Å². The first-order valence-corrected chi connectivity index (χ1v) is 2.69. The summed E-state index contributed by atoms with van der Waals surface area (Å²) < 4.78 is 0. The summed E-state index contributed by atoms with van der Waals surface area (Å²) in [7, 11) is 0. The number of rotatable bonds is 2. The normalized spacial score (nSPS) is 14.0. The maximum absolute atomic E-state index is 9.95. The van der Waals surface area contributed by atoms with Gasteiger partial charge in [-0.25, -0.2) is 0 Å². The second-order valence-corrected chi connectivity index (χ2v) is 2.27. The lowest BCUT2D eigenvalue weighted by Gasteiger charge is -2.04. The van der Waals surface area contributed by atoms with Crippen LogP contribution in [0.15, 0.2) is 0 Å². The van der Waals surface area contributed by atoms with Gasteiger partial charge in [-0.1, -0.05) is 13.8 Å². The molecular weight excluding hydrogens is 106 g/mol. The second-order valence-electron chi connectivity index (χ2n) is 2.27. The lowest BCUT2D eigenvalue weighted by molar-refractivity contribution is -0.526. The molecule has 0 radical (unpaired) electrons. The van der Waals surface area contributed by atoms with Gasteiger partial charge in [-0.2, -0.15) is 0 Å². The third-order valence-corrected chi connectivity index (χ3v) is 1.30. The van der Waals surface area contributed by atoms with E-state index >= 15 is 0 Å². The fourth-order valence-electron chi connectivity index (χ4n) is 0.243. The van der Waals surface area contributed by atoms with E-state index in [1.54, 1.807) is 6.92 Å². The molecule has 0 heterocycles. The maximum Gasteiger partial charge on any atom is 0.212 e. The van der Waals surface area contributed by atoms with Crippen LogP contribution in [-0.4, -0.2) is 11.0 Å². The molecule has 3 nitrogen and oxygen atoms in total. The van der Waals surface area contributed by atoms with Gasteiger partial charge in [-0.15, -0.1) is 0 Å². The Morgan fingerprint density at radius 1 is 1.38 bits per heavy atom. The Morgan fingerprint density at radius 3 is 1.75 bits per heavy atom. The number of hydrogen-bond acceptors (Lipinski definition) is 2. The zero-order valence-electron chi connectivity index (χ0n) is 5.42. The second kappa shape index (κ2) is 2.64. The molecule has 1 atom stereocenters. The van der Waals surface area contributed by atoms with E-state index in [2.05, 4.69) is 0 Å². The summed E-state index contributed by atoms with van der Waals surface area (Å²) in [5, 5.41) is 9.95. The van der Waals surface area contributed by atoms with Crippen LogP contribution in [0.5, 0.6) is 0 Å². The molecule has 8 heavy (non-hydrogen) atoms. The molecule has 0 aliphatic rings. The third kappa shape index (κ3) is 1.91. The Bertz CT molecular complexity index is 90.4. The standard InChI is InChI=1S/C5H11NO2/c1-4(2)5(3)6(7)8/h4-5H,1-3H3. The highest BCUT2D eigenvalue weighted by Gasteiger charge is 2.16. The third-order valence-electron chi connectivity index (χ3n) is 1.30. The van der Waals surface area contributed by atoms with E-state index in [0.29, 0.717) is 0 Å². The molecule has 0 aromatic heterocycles. The highest BCUT2D eigenvalue weighted by molar-refractivity contribution is 4.51. The highest BCUT2D eigenvalue weighted by Crippen LogP contribution is 2.02. The van der Waals surface area contributed by atoms with Gasteiger partial charge in [-0.3, -0.25) is 10.1 Å². The van der Waals surface area contributed by atoms with Crippen LogP contribution in [-0.2, 0) is 0 Å². The van der Waals surface area contributed by atoms with Crippen LogP contribution >= 0.6 is 0 Å². The fourth-order valence-corrected chi connectivity index (χ4v) is 0.243. The van der Waals surface area contributed by atoms with Crippen molar-refractivity contribution in [1.29, 1.82) is 0 Å². The first kappa shape index (κ1) is 7.40. The average Bonchev–Trinajstić information content (AvgIpc) is 1.64. The van der Waals surface area contributed by atoms with Crippen molar-refractivity contribution >= 4 is 0 Å². The molecule has 0 saturated carbocycles. The lowest BCUT2D eigenvalue weighted by atomic mass is 10.1. The Morgan fingerprint density at radius 2 is 1.75 bits per heavy atom. The summed E-state index contributed by atoms with van der Waals surface area (Å²) in [6.45, 7) is 5.30.